The van der Waals surface area contributed by atoms with E-state index in [9.17, 15) is 15.0 Å². The molecule has 1 amide bonds. The summed E-state index contributed by atoms with van der Waals surface area (Å²) >= 11 is 0. The number of carbonyl (C=O) groups is 1. The van der Waals surface area contributed by atoms with E-state index in [2.05, 4.69) is 43.5 Å². The van der Waals surface area contributed by atoms with Gasteiger partial charge < -0.3 is 15.5 Å². The van der Waals surface area contributed by atoms with Gasteiger partial charge >= 0.3 is 0 Å². The van der Waals surface area contributed by atoms with Gasteiger partial charge in [0.25, 0.3) is 0 Å². The molecule has 0 aliphatic heterocycles. The van der Waals surface area contributed by atoms with Gasteiger partial charge in [0.15, 0.2) is 0 Å². The van der Waals surface area contributed by atoms with Gasteiger partial charge in [-0.1, -0.05) is 192 Å². The highest BCUT2D eigenvalue weighted by molar-refractivity contribution is 5.76. The second-order valence-electron chi connectivity index (χ2n) is 14.4. The first-order valence-electron chi connectivity index (χ1n) is 21.2. The quantitative estimate of drug-likeness (QED) is 0.0451. The number of aliphatic hydroxyl groups is 2. The van der Waals surface area contributed by atoms with Gasteiger partial charge in [-0.15, -0.1) is 0 Å². The van der Waals surface area contributed by atoms with Crippen molar-refractivity contribution in [3.63, 3.8) is 0 Å². The van der Waals surface area contributed by atoms with Gasteiger partial charge in [-0.05, 0) is 57.8 Å². The molecule has 282 valence electrons. The molecule has 0 rings (SSSR count). The molecule has 0 saturated heterocycles. The zero-order chi connectivity index (χ0) is 35.0. The Bertz CT molecular complexity index is 731. The van der Waals surface area contributed by atoms with E-state index in [1.807, 2.05) is 6.08 Å². The number of aliphatic hydroxyl groups excluding tert-OH is 2. The lowest BCUT2D eigenvalue weighted by molar-refractivity contribution is -0.123. The zero-order valence-electron chi connectivity index (χ0n) is 32.3. The SMILES string of the molecule is CCCCCCCCCCC/C=C/CC/C=C/C(O)C(CO)NC(=O)CCCCCCCCC/C=C\CCCCCCCCCCCC. The molecule has 3 N–H and O–H groups in total. The van der Waals surface area contributed by atoms with Crippen molar-refractivity contribution in [1.82, 2.24) is 5.32 Å². The van der Waals surface area contributed by atoms with Gasteiger partial charge in [-0.25, -0.2) is 0 Å². The second kappa shape index (κ2) is 40.0. The molecule has 48 heavy (non-hydrogen) atoms. The number of hydrogen-bond donors (Lipinski definition) is 3. The van der Waals surface area contributed by atoms with Crippen LogP contribution in [0, 0.1) is 0 Å². The summed E-state index contributed by atoms with van der Waals surface area (Å²) in [5.74, 6) is -0.0782. The standard InChI is InChI=1S/C44H83NO3/c1-3-5-7-9-11-13-15-17-19-20-21-22-23-24-26-28-30-32-34-36-38-40-44(48)45-42(41-46)43(47)39-37-35-33-31-29-27-25-18-16-14-12-10-8-6-4-2/h22-23,29,31,37,39,42-43,46-47H,3-21,24-28,30,32-36,38,40-41H2,1-2H3,(H,45,48)/b23-22-,31-29+,39-37+. The van der Waals surface area contributed by atoms with E-state index in [1.54, 1.807) is 6.08 Å². The summed E-state index contributed by atoms with van der Waals surface area (Å²) in [6.45, 7) is 4.29. The normalized spacial score (nSPS) is 13.3. The molecular weight excluding hydrogens is 590 g/mol. The molecule has 0 saturated carbocycles. The molecule has 0 radical (unpaired) electrons. The number of amides is 1. The lowest BCUT2D eigenvalue weighted by atomic mass is 10.1. The van der Waals surface area contributed by atoms with Crippen LogP contribution in [0.5, 0.6) is 0 Å². The molecular formula is C44H83NO3. The lowest BCUT2D eigenvalue weighted by Crippen LogP contribution is -2.45. The summed E-state index contributed by atoms with van der Waals surface area (Å²) in [7, 11) is 0. The molecule has 0 bridgehead atoms. The predicted molar refractivity (Wildman–Crippen MR) is 212 cm³/mol. The molecule has 4 heteroatoms. The zero-order valence-corrected chi connectivity index (χ0v) is 32.3. The second-order valence-corrected chi connectivity index (χ2v) is 14.4. The summed E-state index contributed by atoms with van der Waals surface area (Å²) in [4.78, 5) is 12.4. The summed E-state index contributed by atoms with van der Waals surface area (Å²) < 4.78 is 0. The van der Waals surface area contributed by atoms with Gasteiger partial charge in [0.1, 0.15) is 0 Å². The molecule has 2 atom stereocenters. The molecule has 4 nitrogen and oxygen atoms in total. The van der Waals surface area contributed by atoms with Crippen LogP contribution in [0.1, 0.15) is 219 Å². The third kappa shape index (κ3) is 35.9. The summed E-state index contributed by atoms with van der Waals surface area (Å²) in [5.41, 5.74) is 0. The van der Waals surface area contributed by atoms with E-state index in [-0.39, 0.29) is 12.5 Å². The fraction of sp³-hybridized carbons (Fsp3) is 0.841. The van der Waals surface area contributed by atoms with E-state index >= 15 is 0 Å². The van der Waals surface area contributed by atoms with Crippen molar-refractivity contribution in [1.29, 1.82) is 0 Å². The fourth-order valence-electron chi connectivity index (χ4n) is 6.31. The Balaban J connectivity index is 3.61. The lowest BCUT2D eigenvalue weighted by Gasteiger charge is -2.19. The summed E-state index contributed by atoms with van der Waals surface area (Å²) in [6.07, 6.45) is 52.5. The smallest absolute Gasteiger partial charge is 0.220 e. The van der Waals surface area contributed by atoms with Crippen LogP contribution in [0.25, 0.3) is 0 Å². The average molecular weight is 674 g/mol. The minimum Gasteiger partial charge on any atom is -0.394 e. The molecule has 0 aliphatic carbocycles. The van der Waals surface area contributed by atoms with Crippen LogP contribution in [0.2, 0.25) is 0 Å². The highest BCUT2D eigenvalue weighted by atomic mass is 16.3. The molecule has 0 aromatic heterocycles. The van der Waals surface area contributed by atoms with Crippen LogP contribution in [0.15, 0.2) is 36.5 Å². The molecule has 0 aliphatic rings. The number of hydrogen-bond acceptors (Lipinski definition) is 3. The van der Waals surface area contributed by atoms with Gasteiger partial charge in [0.05, 0.1) is 18.8 Å². The maximum absolute atomic E-state index is 12.4. The van der Waals surface area contributed by atoms with Crippen molar-refractivity contribution in [3.05, 3.63) is 36.5 Å². The molecule has 0 spiro atoms. The van der Waals surface area contributed by atoms with Crippen LogP contribution in [-0.2, 0) is 4.79 Å². The van der Waals surface area contributed by atoms with E-state index in [1.165, 1.54) is 167 Å². The van der Waals surface area contributed by atoms with Crippen molar-refractivity contribution < 1.29 is 15.0 Å². The van der Waals surface area contributed by atoms with E-state index in [0.717, 1.165) is 32.1 Å². The van der Waals surface area contributed by atoms with Gasteiger partial charge in [0.2, 0.25) is 5.91 Å². The molecule has 2 unspecified atom stereocenters. The topological polar surface area (TPSA) is 69.6 Å². The predicted octanol–water partition coefficient (Wildman–Crippen LogP) is 13.0. The van der Waals surface area contributed by atoms with E-state index < -0.39 is 12.1 Å². The number of unbranched alkanes of at least 4 members (excludes halogenated alkanes) is 27. The van der Waals surface area contributed by atoms with Gasteiger partial charge in [-0.3, -0.25) is 4.79 Å². The molecule has 0 fully saturated rings. The van der Waals surface area contributed by atoms with Crippen molar-refractivity contribution in [3.8, 4) is 0 Å². The minimum absolute atomic E-state index is 0.0782. The Morgan fingerprint density at radius 3 is 1.21 bits per heavy atom. The third-order valence-electron chi connectivity index (χ3n) is 9.60. The van der Waals surface area contributed by atoms with Crippen molar-refractivity contribution in [2.75, 3.05) is 6.61 Å². The van der Waals surface area contributed by atoms with Gasteiger partial charge in [-0.2, -0.15) is 0 Å². The molecule has 0 aromatic rings. The third-order valence-corrected chi connectivity index (χ3v) is 9.60. The highest BCUT2D eigenvalue weighted by Crippen LogP contribution is 2.14. The number of nitrogens with one attached hydrogen (secondary N) is 1. The van der Waals surface area contributed by atoms with E-state index in [0.29, 0.717) is 6.42 Å². The first-order valence-corrected chi connectivity index (χ1v) is 21.2. The van der Waals surface area contributed by atoms with Crippen molar-refractivity contribution in [2.24, 2.45) is 0 Å². The minimum atomic E-state index is -0.862. The number of rotatable bonds is 38. The Morgan fingerprint density at radius 1 is 0.479 bits per heavy atom. The van der Waals surface area contributed by atoms with Gasteiger partial charge in [0, 0.05) is 6.42 Å². The van der Waals surface area contributed by atoms with Crippen LogP contribution in [0.3, 0.4) is 0 Å². The Morgan fingerprint density at radius 2 is 0.812 bits per heavy atom. The van der Waals surface area contributed by atoms with Crippen molar-refractivity contribution >= 4 is 5.91 Å². The Hall–Kier alpha value is -1.39. The summed E-state index contributed by atoms with van der Waals surface area (Å²) in [6, 6.07) is -0.639. The average Bonchev–Trinajstić information content (AvgIpc) is 3.09. The monoisotopic (exact) mass is 674 g/mol. The fourth-order valence-corrected chi connectivity index (χ4v) is 6.31. The largest absolute Gasteiger partial charge is 0.394 e. The van der Waals surface area contributed by atoms with Crippen LogP contribution >= 0.6 is 0 Å². The molecule has 0 aromatic carbocycles. The maximum Gasteiger partial charge on any atom is 0.220 e. The van der Waals surface area contributed by atoms with Crippen LogP contribution < -0.4 is 5.32 Å². The first kappa shape index (κ1) is 46.6. The number of carbonyl (C=O) groups excluding carboxylic acids is 1. The summed E-state index contributed by atoms with van der Waals surface area (Å²) in [5, 5.41) is 22.9. The Kier molecular flexibility index (Phi) is 38.9. The Labute approximate surface area is 300 Å². The maximum atomic E-state index is 12.4. The molecule has 0 heterocycles. The number of allylic oxidation sites excluding steroid dienone is 5. The van der Waals surface area contributed by atoms with Crippen LogP contribution in [0.4, 0.5) is 0 Å². The van der Waals surface area contributed by atoms with Crippen LogP contribution in [-0.4, -0.2) is 34.9 Å². The van der Waals surface area contributed by atoms with Crippen molar-refractivity contribution in [2.45, 2.75) is 231 Å². The first-order chi connectivity index (χ1) is 23.7. The van der Waals surface area contributed by atoms with E-state index in [4.69, 9.17) is 0 Å². The highest BCUT2D eigenvalue weighted by Gasteiger charge is 2.17.